The topological polar surface area (TPSA) is 224 Å². The zero-order chi connectivity index (χ0) is 31.4. The Morgan fingerprint density at radius 1 is 1.09 bits per heavy atom. The molecule has 1 aliphatic rings. The number of carbonyl (C=O) groups is 1. The first-order valence-electron chi connectivity index (χ1n) is 13.7. The van der Waals surface area contributed by atoms with E-state index in [9.17, 15) is 24.3 Å². The van der Waals surface area contributed by atoms with Crippen LogP contribution < -0.4 is 21.7 Å². The Labute approximate surface area is 252 Å². The quantitative estimate of drug-likeness (QED) is 0.0792. The lowest BCUT2D eigenvalue weighted by Crippen LogP contribution is -2.45. The molecule has 8 N–H and O–H groups in total. The lowest BCUT2D eigenvalue weighted by Gasteiger charge is -2.24. The number of nitrogen functional groups attached to an aromatic ring is 2. The Morgan fingerprint density at radius 2 is 1.75 bits per heavy atom. The summed E-state index contributed by atoms with van der Waals surface area (Å²) in [7, 11) is -5.09. The Hall–Kier alpha value is -4.37. The molecule has 0 aliphatic carbocycles. The third kappa shape index (κ3) is 7.05. The maximum absolute atomic E-state index is 13.1. The molecule has 0 spiro atoms. The van der Waals surface area contributed by atoms with Crippen molar-refractivity contribution in [2.75, 3.05) is 36.0 Å². The van der Waals surface area contributed by atoms with Crippen LogP contribution in [0.5, 0.6) is 0 Å². The van der Waals surface area contributed by atoms with Crippen LogP contribution in [0.2, 0.25) is 0 Å². The van der Waals surface area contributed by atoms with Crippen molar-refractivity contribution >= 4 is 54.2 Å². The van der Waals surface area contributed by atoms with E-state index in [1.807, 2.05) is 67.6 Å². The molecule has 1 aliphatic heterocycles. The fraction of sp³-hybridized carbons (Fsp3) is 0.286. The van der Waals surface area contributed by atoms with Gasteiger partial charge in [0, 0.05) is 31.0 Å². The van der Waals surface area contributed by atoms with Crippen molar-refractivity contribution in [2.24, 2.45) is 0 Å². The van der Waals surface area contributed by atoms with Gasteiger partial charge in [-0.2, -0.15) is 0 Å². The molecule has 16 heteroatoms. The summed E-state index contributed by atoms with van der Waals surface area (Å²) in [6.45, 7) is 3.29. The second kappa shape index (κ2) is 13.1. The normalized spacial score (nSPS) is 20.4. The minimum atomic E-state index is -5.09. The Kier molecular flexibility index (Phi) is 9.25. The lowest BCUT2D eigenvalue weighted by atomic mass is 10.1. The molecule has 15 nitrogen and oxygen atoms in total. The number of aromatic nitrogens is 4. The molecule has 3 heterocycles. The summed E-state index contributed by atoms with van der Waals surface area (Å²) in [4.78, 5) is 46.2. The number of ether oxygens (including phenoxy) is 1. The van der Waals surface area contributed by atoms with E-state index in [1.54, 1.807) is 0 Å². The molecule has 0 saturated carbocycles. The van der Waals surface area contributed by atoms with Crippen molar-refractivity contribution in [1.82, 2.24) is 24.8 Å². The van der Waals surface area contributed by atoms with Crippen LogP contribution in [0.3, 0.4) is 0 Å². The number of aliphatic hydroxyl groups excluding tert-OH is 1. The summed E-state index contributed by atoms with van der Waals surface area (Å²) in [5.74, 6) is -0.615. The summed E-state index contributed by atoms with van der Waals surface area (Å²) in [6.07, 6.45) is 0.226. The highest BCUT2D eigenvalue weighted by molar-refractivity contribution is 7.46. The van der Waals surface area contributed by atoms with Crippen LogP contribution in [0, 0.1) is 0 Å². The molecule has 1 saturated heterocycles. The van der Waals surface area contributed by atoms with Gasteiger partial charge in [0.05, 0.1) is 6.33 Å². The van der Waals surface area contributed by atoms with E-state index in [0.29, 0.717) is 18.8 Å². The minimum Gasteiger partial charge on any atom is -0.399 e. The molecular formula is C28H33N8O7P. The molecular weight excluding hydrogens is 591 g/mol. The highest BCUT2D eigenvalue weighted by Crippen LogP contribution is 2.45. The molecule has 4 atom stereocenters. The van der Waals surface area contributed by atoms with Crippen LogP contribution in [0.15, 0.2) is 61.2 Å². The fourth-order valence-corrected chi connectivity index (χ4v) is 5.45. The van der Waals surface area contributed by atoms with Gasteiger partial charge in [-0.3, -0.25) is 13.9 Å². The number of carbonyl (C=O) groups excluding carboxylic acids is 1. The Bertz CT molecular complexity index is 1680. The minimum absolute atomic E-state index is 0.0683. The zero-order valence-electron chi connectivity index (χ0n) is 23.7. The molecule has 5 rings (SSSR count). The van der Waals surface area contributed by atoms with Crippen LogP contribution in [-0.4, -0.2) is 78.3 Å². The van der Waals surface area contributed by atoms with Crippen LogP contribution in [-0.2, 0) is 18.6 Å². The SMILES string of the molecule is CCN(CCNC(=O)[C@H]1O[C@@H](n2cnc3c(N)ncnc32)[C@H](OP(=O)(O)O)[C@@H]1O)c1ccc(/C=C\c2ccc(N)cc2)cc1. The molecule has 1 amide bonds. The monoisotopic (exact) mass is 624 g/mol. The molecule has 232 valence electrons. The summed E-state index contributed by atoms with van der Waals surface area (Å²) in [5.41, 5.74) is 15.7. The number of anilines is 3. The van der Waals surface area contributed by atoms with Gasteiger partial charge in [-0.25, -0.2) is 19.5 Å². The van der Waals surface area contributed by atoms with Crippen LogP contribution in [0.25, 0.3) is 23.3 Å². The number of aliphatic hydroxyl groups is 1. The zero-order valence-corrected chi connectivity index (χ0v) is 24.6. The van der Waals surface area contributed by atoms with Gasteiger partial charge >= 0.3 is 7.82 Å². The highest BCUT2D eigenvalue weighted by Gasteiger charge is 2.51. The van der Waals surface area contributed by atoms with E-state index >= 15 is 0 Å². The maximum Gasteiger partial charge on any atom is 0.470 e. The number of hydrogen-bond donors (Lipinski definition) is 6. The Morgan fingerprint density at radius 3 is 2.39 bits per heavy atom. The van der Waals surface area contributed by atoms with E-state index in [4.69, 9.17) is 20.7 Å². The van der Waals surface area contributed by atoms with Crippen molar-refractivity contribution in [2.45, 2.75) is 31.5 Å². The van der Waals surface area contributed by atoms with E-state index in [0.717, 1.165) is 16.8 Å². The van der Waals surface area contributed by atoms with Crippen LogP contribution in [0.1, 0.15) is 24.3 Å². The predicted molar refractivity (Wildman–Crippen MR) is 164 cm³/mol. The highest BCUT2D eigenvalue weighted by atomic mass is 31.2. The summed E-state index contributed by atoms with van der Waals surface area (Å²) in [5, 5.41) is 13.6. The number of likely N-dealkylation sites (N-methyl/N-ethyl adjacent to an activating group) is 1. The second-order valence-electron chi connectivity index (χ2n) is 10.0. The Balaban J connectivity index is 1.22. The third-order valence-corrected chi connectivity index (χ3v) is 7.64. The van der Waals surface area contributed by atoms with Crippen molar-refractivity contribution in [3.05, 3.63) is 72.3 Å². The van der Waals surface area contributed by atoms with Crippen molar-refractivity contribution < 1.29 is 33.5 Å². The molecule has 4 aromatic rings. The number of nitrogens with zero attached hydrogens (tertiary/aromatic N) is 5. The number of amides is 1. The molecule has 2 aromatic heterocycles. The summed E-state index contributed by atoms with van der Waals surface area (Å²) < 4.78 is 23.6. The number of fused-ring (bicyclic) bond motifs is 1. The van der Waals surface area contributed by atoms with Gasteiger partial charge in [0.15, 0.2) is 23.8 Å². The second-order valence-corrected chi connectivity index (χ2v) is 11.2. The van der Waals surface area contributed by atoms with Crippen molar-refractivity contribution in [1.29, 1.82) is 0 Å². The molecule has 1 fully saturated rings. The number of rotatable bonds is 11. The van der Waals surface area contributed by atoms with Gasteiger partial charge in [-0.05, 0) is 42.3 Å². The number of nitrogens with two attached hydrogens (primary N) is 2. The number of phosphoric acid groups is 1. The van der Waals surface area contributed by atoms with E-state index in [1.165, 1.54) is 17.2 Å². The van der Waals surface area contributed by atoms with Gasteiger partial charge in [0.25, 0.3) is 5.91 Å². The van der Waals surface area contributed by atoms with Gasteiger partial charge < -0.3 is 41.3 Å². The molecule has 0 radical (unpaired) electrons. The number of hydrogen-bond acceptors (Lipinski definition) is 11. The standard InChI is InChI=1S/C28H33N8O7P/c1-2-35(20-11-7-18(8-12-20)4-3-17-5-9-19(29)10-6-17)14-13-31-27(38)23-22(37)24(43-44(39,40)41)28(42-23)36-16-34-21-25(30)32-15-33-26(21)36/h3-12,15-16,22-24,28,37H,2,13-14,29H2,1H3,(H,31,38)(H2,30,32,33)(H2,39,40,41)/b4-3-/t22-,23+,24-,28-/m1/s1. The van der Waals surface area contributed by atoms with E-state index in [-0.39, 0.29) is 23.5 Å². The first-order valence-corrected chi connectivity index (χ1v) is 15.2. The largest absolute Gasteiger partial charge is 0.470 e. The first kappa shape index (κ1) is 31.1. The third-order valence-electron chi connectivity index (χ3n) is 7.12. The number of imidazole rings is 1. The van der Waals surface area contributed by atoms with Crippen molar-refractivity contribution in [3.63, 3.8) is 0 Å². The predicted octanol–water partition coefficient (Wildman–Crippen LogP) is 1.54. The summed E-state index contributed by atoms with van der Waals surface area (Å²) >= 11 is 0. The number of phosphoric ester groups is 1. The van der Waals surface area contributed by atoms with Crippen LogP contribution >= 0.6 is 7.82 Å². The smallest absolute Gasteiger partial charge is 0.399 e. The molecule has 44 heavy (non-hydrogen) atoms. The lowest BCUT2D eigenvalue weighted by molar-refractivity contribution is -0.137. The molecule has 0 unspecified atom stereocenters. The first-order chi connectivity index (χ1) is 21.0. The van der Waals surface area contributed by atoms with E-state index in [2.05, 4.69) is 25.2 Å². The average molecular weight is 625 g/mol. The number of benzene rings is 2. The van der Waals surface area contributed by atoms with Crippen LogP contribution in [0.4, 0.5) is 17.2 Å². The van der Waals surface area contributed by atoms with Gasteiger partial charge in [-0.15, -0.1) is 0 Å². The van der Waals surface area contributed by atoms with Crippen molar-refractivity contribution in [3.8, 4) is 0 Å². The van der Waals surface area contributed by atoms with Gasteiger partial charge in [0.2, 0.25) is 0 Å². The number of nitrogens with one attached hydrogen (secondary N) is 1. The fourth-order valence-electron chi connectivity index (χ4n) is 4.90. The average Bonchev–Trinajstić information content (AvgIpc) is 3.56. The summed E-state index contributed by atoms with van der Waals surface area (Å²) in [6, 6.07) is 15.5. The van der Waals surface area contributed by atoms with E-state index < -0.39 is 38.3 Å². The molecule has 2 aromatic carbocycles. The van der Waals surface area contributed by atoms with Gasteiger partial charge in [0.1, 0.15) is 24.1 Å². The maximum atomic E-state index is 13.1. The molecule has 0 bridgehead atoms. The van der Waals surface area contributed by atoms with Gasteiger partial charge in [-0.1, -0.05) is 36.4 Å².